The number of nitrogens with zero attached hydrogens (tertiary/aromatic N) is 5. The Morgan fingerprint density at radius 3 is 2.38 bits per heavy atom. The Morgan fingerprint density at radius 2 is 1.69 bits per heavy atom. The van der Waals surface area contributed by atoms with Gasteiger partial charge in [-0.2, -0.15) is 4.98 Å². The van der Waals surface area contributed by atoms with E-state index in [2.05, 4.69) is 43.9 Å². The average molecular weight is 430 g/mol. The van der Waals surface area contributed by atoms with Crippen molar-refractivity contribution < 1.29 is 0 Å². The minimum Gasteiger partial charge on any atom is -0.312 e. The fourth-order valence-corrected chi connectivity index (χ4v) is 4.73. The maximum absolute atomic E-state index is 13.6. The molecule has 0 spiro atoms. The van der Waals surface area contributed by atoms with Crippen molar-refractivity contribution in [2.45, 2.75) is 33.9 Å². The number of benzene rings is 2. The van der Waals surface area contributed by atoms with E-state index >= 15 is 0 Å². The first kappa shape index (κ1) is 20.3. The Bertz CT molecular complexity index is 1430. The van der Waals surface area contributed by atoms with Crippen molar-refractivity contribution in [1.82, 2.24) is 18.7 Å². The summed E-state index contributed by atoms with van der Waals surface area (Å²) in [7, 11) is 1.69. The molecule has 0 fully saturated rings. The Hall–Kier alpha value is -3.61. The fraction of sp³-hybridized carbons (Fsp3) is 0.320. The molecule has 0 saturated heterocycles. The number of aryl methyl sites for hydroxylation is 3. The van der Waals surface area contributed by atoms with Gasteiger partial charge < -0.3 is 9.47 Å². The first-order valence-corrected chi connectivity index (χ1v) is 10.9. The Kier molecular flexibility index (Phi) is 4.77. The molecule has 1 aliphatic rings. The van der Waals surface area contributed by atoms with Crippen molar-refractivity contribution >= 4 is 22.8 Å². The Balaban J connectivity index is 1.74. The zero-order chi connectivity index (χ0) is 22.6. The van der Waals surface area contributed by atoms with Crippen LogP contribution < -0.4 is 16.1 Å². The molecule has 0 bridgehead atoms. The van der Waals surface area contributed by atoms with Crippen LogP contribution in [0.5, 0.6) is 0 Å². The predicted octanol–water partition coefficient (Wildman–Crippen LogP) is 3.35. The lowest BCUT2D eigenvalue weighted by Crippen LogP contribution is -2.40. The Labute approximate surface area is 186 Å². The van der Waals surface area contributed by atoms with Gasteiger partial charge in [0.15, 0.2) is 11.2 Å². The standard InChI is InChI=1S/C25H27N5O2/c1-16-10-17(2)12-20(11-16)28-13-18(3)14-29-21-22(26-24(28)29)27(4)25(32)30(23(21)31)15-19-8-6-5-7-9-19/h5-12,18H,13-15H2,1-4H3/t18-/m1/s1. The van der Waals surface area contributed by atoms with E-state index in [1.807, 2.05) is 34.9 Å². The van der Waals surface area contributed by atoms with Crippen molar-refractivity contribution in [2.24, 2.45) is 13.0 Å². The zero-order valence-electron chi connectivity index (χ0n) is 18.9. The highest BCUT2D eigenvalue weighted by molar-refractivity contribution is 5.77. The van der Waals surface area contributed by atoms with Gasteiger partial charge in [-0.05, 0) is 48.6 Å². The van der Waals surface area contributed by atoms with Crippen LogP contribution in [0.3, 0.4) is 0 Å². The normalized spacial score (nSPS) is 15.9. The second-order valence-electron chi connectivity index (χ2n) is 8.97. The molecule has 1 aliphatic heterocycles. The predicted molar refractivity (Wildman–Crippen MR) is 127 cm³/mol. The summed E-state index contributed by atoms with van der Waals surface area (Å²) >= 11 is 0. The van der Waals surface area contributed by atoms with Crippen LogP contribution in [-0.4, -0.2) is 25.2 Å². The van der Waals surface area contributed by atoms with Crippen LogP contribution in [0.25, 0.3) is 11.2 Å². The molecule has 0 N–H and O–H groups in total. The van der Waals surface area contributed by atoms with E-state index in [0.29, 0.717) is 29.6 Å². The third-order valence-corrected chi connectivity index (χ3v) is 6.14. The van der Waals surface area contributed by atoms with Crippen LogP contribution in [0.1, 0.15) is 23.6 Å². The molecule has 2 aromatic heterocycles. The van der Waals surface area contributed by atoms with Crippen LogP contribution in [0.2, 0.25) is 0 Å². The van der Waals surface area contributed by atoms with Gasteiger partial charge in [-0.15, -0.1) is 0 Å². The van der Waals surface area contributed by atoms with Crippen molar-refractivity contribution in [3.63, 3.8) is 0 Å². The molecular weight excluding hydrogens is 402 g/mol. The minimum atomic E-state index is -0.354. The number of aromatic nitrogens is 4. The number of imidazole rings is 1. The van der Waals surface area contributed by atoms with Crippen LogP contribution in [0, 0.1) is 19.8 Å². The van der Waals surface area contributed by atoms with Crippen LogP contribution in [-0.2, 0) is 20.1 Å². The van der Waals surface area contributed by atoms with Gasteiger partial charge in [0.05, 0.1) is 6.54 Å². The summed E-state index contributed by atoms with van der Waals surface area (Å²) in [5, 5.41) is 0. The van der Waals surface area contributed by atoms with Gasteiger partial charge in [-0.25, -0.2) is 4.79 Å². The molecule has 7 heteroatoms. The van der Waals surface area contributed by atoms with Crippen LogP contribution >= 0.6 is 0 Å². The highest BCUT2D eigenvalue weighted by atomic mass is 16.2. The zero-order valence-corrected chi connectivity index (χ0v) is 18.9. The molecule has 4 aromatic rings. The van der Waals surface area contributed by atoms with E-state index in [1.54, 1.807) is 7.05 Å². The highest BCUT2D eigenvalue weighted by Gasteiger charge is 2.30. The topological polar surface area (TPSA) is 65.1 Å². The van der Waals surface area contributed by atoms with Gasteiger partial charge >= 0.3 is 5.69 Å². The average Bonchev–Trinajstić information content (AvgIpc) is 3.14. The van der Waals surface area contributed by atoms with E-state index in [0.717, 1.165) is 17.8 Å². The van der Waals surface area contributed by atoms with Crippen molar-refractivity contribution in [3.8, 4) is 0 Å². The molecule has 32 heavy (non-hydrogen) atoms. The number of rotatable bonds is 3. The van der Waals surface area contributed by atoms with Crippen LogP contribution in [0.15, 0.2) is 58.1 Å². The first-order chi connectivity index (χ1) is 15.3. The molecule has 164 valence electrons. The van der Waals surface area contributed by atoms with Gasteiger partial charge in [0, 0.05) is 25.8 Å². The molecule has 0 amide bonds. The first-order valence-electron chi connectivity index (χ1n) is 10.9. The quantitative estimate of drug-likeness (QED) is 0.501. The molecule has 2 aromatic carbocycles. The third kappa shape index (κ3) is 3.25. The molecule has 3 heterocycles. The fourth-order valence-electron chi connectivity index (χ4n) is 4.73. The van der Waals surface area contributed by atoms with Gasteiger partial charge in [0.1, 0.15) is 0 Å². The van der Waals surface area contributed by atoms with Gasteiger partial charge in [0.25, 0.3) is 5.56 Å². The highest BCUT2D eigenvalue weighted by Crippen LogP contribution is 2.33. The lowest BCUT2D eigenvalue weighted by atomic mass is 10.1. The summed E-state index contributed by atoms with van der Waals surface area (Å²) in [6, 6.07) is 16.0. The summed E-state index contributed by atoms with van der Waals surface area (Å²) in [5.41, 5.74) is 4.60. The number of hydrogen-bond acceptors (Lipinski definition) is 4. The SMILES string of the molecule is Cc1cc(C)cc(N2C[C@@H](C)Cn3c2nc2c3c(=O)n(Cc3ccccc3)c(=O)n2C)c1. The molecule has 0 unspecified atom stereocenters. The van der Waals surface area contributed by atoms with E-state index in [1.165, 1.54) is 20.3 Å². The maximum Gasteiger partial charge on any atom is 0.332 e. The summed E-state index contributed by atoms with van der Waals surface area (Å²) in [4.78, 5) is 33.6. The lowest BCUT2D eigenvalue weighted by molar-refractivity contribution is 0.458. The van der Waals surface area contributed by atoms with E-state index in [4.69, 9.17) is 4.98 Å². The lowest BCUT2D eigenvalue weighted by Gasteiger charge is -2.33. The van der Waals surface area contributed by atoms with Crippen molar-refractivity contribution in [1.29, 1.82) is 0 Å². The van der Waals surface area contributed by atoms with E-state index in [9.17, 15) is 9.59 Å². The molecule has 0 saturated carbocycles. The smallest absolute Gasteiger partial charge is 0.312 e. The molecule has 0 aliphatic carbocycles. The van der Waals surface area contributed by atoms with Crippen LogP contribution in [0.4, 0.5) is 11.6 Å². The summed E-state index contributed by atoms with van der Waals surface area (Å²) in [6.45, 7) is 8.07. The Morgan fingerprint density at radius 1 is 1.00 bits per heavy atom. The van der Waals surface area contributed by atoms with Crippen molar-refractivity contribution in [2.75, 3.05) is 11.4 Å². The molecule has 7 nitrogen and oxygen atoms in total. The summed E-state index contributed by atoms with van der Waals surface area (Å²) in [5.74, 6) is 1.03. The van der Waals surface area contributed by atoms with Gasteiger partial charge in [-0.1, -0.05) is 43.3 Å². The monoisotopic (exact) mass is 429 g/mol. The van der Waals surface area contributed by atoms with E-state index in [-0.39, 0.29) is 17.8 Å². The third-order valence-electron chi connectivity index (χ3n) is 6.14. The molecule has 0 radical (unpaired) electrons. The molecule has 1 atom stereocenters. The van der Waals surface area contributed by atoms with E-state index < -0.39 is 0 Å². The summed E-state index contributed by atoms with van der Waals surface area (Å²) < 4.78 is 4.80. The second kappa shape index (κ2) is 7.51. The van der Waals surface area contributed by atoms with Gasteiger partial charge in [-0.3, -0.25) is 13.9 Å². The second-order valence-corrected chi connectivity index (χ2v) is 8.97. The largest absolute Gasteiger partial charge is 0.332 e. The molecular formula is C25H27N5O2. The van der Waals surface area contributed by atoms with Gasteiger partial charge in [0.2, 0.25) is 5.95 Å². The number of fused-ring (bicyclic) bond motifs is 3. The number of anilines is 2. The number of hydrogen-bond donors (Lipinski definition) is 0. The summed E-state index contributed by atoms with van der Waals surface area (Å²) in [6.07, 6.45) is 0. The minimum absolute atomic E-state index is 0.235. The maximum atomic E-state index is 13.6. The molecule has 5 rings (SSSR count). The van der Waals surface area contributed by atoms with Crippen molar-refractivity contribution in [3.05, 3.63) is 86.1 Å².